The summed E-state index contributed by atoms with van der Waals surface area (Å²) in [6.07, 6.45) is 8.30. The molecule has 0 saturated heterocycles. The van der Waals surface area contributed by atoms with Crippen LogP contribution in [0.2, 0.25) is 0 Å². The van der Waals surface area contributed by atoms with Gasteiger partial charge in [-0.15, -0.1) is 0 Å². The predicted octanol–water partition coefficient (Wildman–Crippen LogP) is 2.30. The second-order valence-corrected chi connectivity index (χ2v) is 5.24. The molecular weight excluding hydrogens is 254 g/mol. The maximum Gasteiger partial charge on any atom is 0.165 e. The Kier molecular flexibility index (Phi) is 4.89. The van der Waals surface area contributed by atoms with Crippen LogP contribution >= 0.6 is 0 Å². The van der Waals surface area contributed by atoms with Crippen molar-refractivity contribution in [2.24, 2.45) is 0 Å². The van der Waals surface area contributed by atoms with E-state index in [0.29, 0.717) is 17.0 Å². The highest BCUT2D eigenvalue weighted by molar-refractivity contribution is 5.81. The Morgan fingerprint density at radius 1 is 1.25 bits per heavy atom. The molecule has 0 bridgehead atoms. The molecule has 0 amide bonds. The van der Waals surface area contributed by atoms with E-state index in [2.05, 4.69) is 21.9 Å². The zero-order valence-corrected chi connectivity index (χ0v) is 12.2. The van der Waals surface area contributed by atoms with Gasteiger partial charge in [0.15, 0.2) is 11.5 Å². The number of aromatic nitrogens is 4. The number of imidazole rings is 1. The molecule has 20 heavy (non-hydrogen) atoms. The zero-order valence-electron chi connectivity index (χ0n) is 12.2. The summed E-state index contributed by atoms with van der Waals surface area (Å²) in [6.45, 7) is 4.00. The summed E-state index contributed by atoms with van der Waals surface area (Å²) in [6, 6.07) is -0.0221. The highest BCUT2D eigenvalue weighted by Gasteiger charge is 2.20. The topological polar surface area (TPSA) is 89.8 Å². The molecule has 6 nitrogen and oxygen atoms in total. The van der Waals surface area contributed by atoms with Gasteiger partial charge in [0.05, 0.1) is 18.5 Å². The zero-order chi connectivity index (χ0) is 14.5. The Balaban J connectivity index is 2.21. The van der Waals surface area contributed by atoms with Gasteiger partial charge in [-0.25, -0.2) is 15.0 Å². The standard InChI is InChI=1S/C14H23N5O/c1-3-4-5-6-7-11(10(2)20)19-9-18-12-13(15)16-8-17-14(12)19/h8-11,20H,3-7H2,1-2H3,(H2,15,16,17)/t10?,11-/m1/s1. The number of aliphatic hydroxyl groups is 1. The molecule has 2 aromatic heterocycles. The Morgan fingerprint density at radius 3 is 2.75 bits per heavy atom. The number of unbranched alkanes of at least 4 members (excludes halogenated alkanes) is 3. The van der Waals surface area contributed by atoms with Crippen LogP contribution in [0.4, 0.5) is 5.82 Å². The molecule has 0 aliphatic carbocycles. The smallest absolute Gasteiger partial charge is 0.165 e. The molecule has 0 fully saturated rings. The van der Waals surface area contributed by atoms with Crippen LogP contribution in [0.1, 0.15) is 52.0 Å². The summed E-state index contributed by atoms with van der Waals surface area (Å²) < 4.78 is 1.92. The van der Waals surface area contributed by atoms with Gasteiger partial charge in [0.2, 0.25) is 0 Å². The van der Waals surface area contributed by atoms with Crippen molar-refractivity contribution in [1.29, 1.82) is 0 Å². The maximum absolute atomic E-state index is 10.0. The van der Waals surface area contributed by atoms with Gasteiger partial charge in [-0.2, -0.15) is 0 Å². The third-order valence-corrected chi connectivity index (χ3v) is 3.65. The molecular formula is C14H23N5O. The number of fused-ring (bicyclic) bond motifs is 1. The Morgan fingerprint density at radius 2 is 2.05 bits per heavy atom. The number of aliphatic hydroxyl groups excluding tert-OH is 1. The Bertz CT molecular complexity index is 551. The number of rotatable bonds is 7. The second kappa shape index (κ2) is 6.65. The summed E-state index contributed by atoms with van der Waals surface area (Å²) in [5.41, 5.74) is 7.09. The minimum atomic E-state index is -0.454. The van der Waals surface area contributed by atoms with Gasteiger partial charge in [-0.3, -0.25) is 0 Å². The van der Waals surface area contributed by atoms with E-state index in [4.69, 9.17) is 5.73 Å². The first kappa shape index (κ1) is 14.7. The molecule has 6 heteroatoms. The summed E-state index contributed by atoms with van der Waals surface area (Å²) in [7, 11) is 0. The SMILES string of the molecule is CCCCCC[C@H](C(C)O)n1cnc2c(N)ncnc21. The first-order valence-corrected chi connectivity index (χ1v) is 7.26. The summed E-state index contributed by atoms with van der Waals surface area (Å²) in [5.74, 6) is 0.379. The Hall–Kier alpha value is -1.69. The van der Waals surface area contributed by atoms with Crippen LogP contribution in [-0.2, 0) is 0 Å². The lowest BCUT2D eigenvalue weighted by Gasteiger charge is -2.21. The van der Waals surface area contributed by atoms with Gasteiger partial charge in [-0.05, 0) is 13.3 Å². The van der Waals surface area contributed by atoms with Gasteiger partial charge in [-0.1, -0.05) is 32.6 Å². The molecule has 2 rings (SSSR count). The molecule has 0 spiro atoms. The second-order valence-electron chi connectivity index (χ2n) is 5.24. The van der Waals surface area contributed by atoms with Crippen molar-refractivity contribution in [2.75, 3.05) is 5.73 Å². The number of nitrogens with zero attached hydrogens (tertiary/aromatic N) is 4. The highest BCUT2D eigenvalue weighted by atomic mass is 16.3. The van der Waals surface area contributed by atoms with E-state index >= 15 is 0 Å². The molecule has 3 N–H and O–H groups in total. The van der Waals surface area contributed by atoms with E-state index in [0.717, 1.165) is 12.8 Å². The maximum atomic E-state index is 10.0. The van der Waals surface area contributed by atoms with E-state index in [9.17, 15) is 5.11 Å². The van der Waals surface area contributed by atoms with Crippen LogP contribution in [0.5, 0.6) is 0 Å². The van der Waals surface area contributed by atoms with Gasteiger partial charge < -0.3 is 15.4 Å². The van der Waals surface area contributed by atoms with E-state index in [1.165, 1.54) is 25.6 Å². The summed E-state index contributed by atoms with van der Waals surface area (Å²) in [5, 5.41) is 10.0. The number of nitrogen functional groups attached to an aromatic ring is 1. The quantitative estimate of drug-likeness (QED) is 0.758. The largest absolute Gasteiger partial charge is 0.391 e. The van der Waals surface area contributed by atoms with E-state index in [1.54, 1.807) is 13.3 Å². The molecule has 2 atom stereocenters. The molecule has 0 radical (unpaired) electrons. The van der Waals surface area contributed by atoms with Gasteiger partial charge in [0.25, 0.3) is 0 Å². The van der Waals surface area contributed by atoms with Crippen molar-refractivity contribution in [3.63, 3.8) is 0 Å². The van der Waals surface area contributed by atoms with Crippen LogP contribution in [0.15, 0.2) is 12.7 Å². The number of nitrogens with two attached hydrogens (primary N) is 1. The van der Waals surface area contributed by atoms with Crippen LogP contribution < -0.4 is 5.73 Å². The number of anilines is 1. The molecule has 0 aliphatic heterocycles. The molecule has 0 aliphatic rings. The lowest BCUT2D eigenvalue weighted by atomic mass is 10.0. The van der Waals surface area contributed by atoms with Gasteiger partial charge >= 0.3 is 0 Å². The van der Waals surface area contributed by atoms with Crippen molar-refractivity contribution in [1.82, 2.24) is 19.5 Å². The molecule has 1 unspecified atom stereocenters. The van der Waals surface area contributed by atoms with Crippen LogP contribution in [0, 0.1) is 0 Å². The first-order valence-electron chi connectivity index (χ1n) is 7.26. The molecule has 110 valence electrons. The first-order chi connectivity index (χ1) is 9.65. The third kappa shape index (κ3) is 3.07. The minimum absolute atomic E-state index is 0.0221. The van der Waals surface area contributed by atoms with Gasteiger partial charge in [0.1, 0.15) is 11.8 Å². The number of hydrogen-bond acceptors (Lipinski definition) is 5. The van der Waals surface area contributed by atoms with Gasteiger partial charge in [0, 0.05) is 0 Å². The van der Waals surface area contributed by atoms with E-state index < -0.39 is 6.10 Å². The van der Waals surface area contributed by atoms with Crippen molar-refractivity contribution in [3.05, 3.63) is 12.7 Å². The van der Waals surface area contributed by atoms with Crippen LogP contribution in [0.3, 0.4) is 0 Å². The van der Waals surface area contributed by atoms with Crippen molar-refractivity contribution in [3.8, 4) is 0 Å². The molecule has 2 aromatic rings. The fourth-order valence-electron chi connectivity index (χ4n) is 2.51. The van der Waals surface area contributed by atoms with Crippen molar-refractivity contribution < 1.29 is 5.11 Å². The lowest BCUT2D eigenvalue weighted by molar-refractivity contribution is 0.124. The van der Waals surface area contributed by atoms with Crippen molar-refractivity contribution in [2.45, 2.75) is 58.1 Å². The highest BCUT2D eigenvalue weighted by Crippen LogP contribution is 2.25. The predicted molar refractivity (Wildman–Crippen MR) is 79.2 cm³/mol. The average molecular weight is 277 g/mol. The number of hydrogen-bond donors (Lipinski definition) is 2. The fraction of sp³-hybridized carbons (Fsp3) is 0.643. The van der Waals surface area contributed by atoms with Crippen molar-refractivity contribution >= 4 is 17.0 Å². The van der Waals surface area contributed by atoms with Crippen LogP contribution in [-0.4, -0.2) is 30.7 Å². The normalized spacial score (nSPS) is 14.6. The minimum Gasteiger partial charge on any atom is -0.391 e. The molecule has 0 saturated carbocycles. The molecule has 2 heterocycles. The monoisotopic (exact) mass is 277 g/mol. The van der Waals surface area contributed by atoms with E-state index in [1.807, 2.05) is 4.57 Å². The summed E-state index contributed by atoms with van der Waals surface area (Å²) >= 11 is 0. The van der Waals surface area contributed by atoms with E-state index in [-0.39, 0.29) is 6.04 Å². The molecule has 0 aromatic carbocycles. The summed E-state index contributed by atoms with van der Waals surface area (Å²) in [4.78, 5) is 12.5. The fourth-order valence-corrected chi connectivity index (χ4v) is 2.51. The average Bonchev–Trinajstić information content (AvgIpc) is 2.84. The Labute approximate surface area is 119 Å². The lowest BCUT2D eigenvalue weighted by Crippen LogP contribution is -2.21. The van der Waals surface area contributed by atoms with Crippen LogP contribution in [0.25, 0.3) is 11.2 Å². The third-order valence-electron chi connectivity index (χ3n) is 3.65.